The minimum Gasteiger partial charge on any atom is -0.267 e. The maximum absolute atomic E-state index is 13.2. The first kappa shape index (κ1) is 19.8. The van der Waals surface area contributed by atoms with Crippen molar-refractivity contribution in [3.8, 4) is 0 Å². The molecule has 0 fully saturated rings. The molecule has 0 saturated heterocycles. The third-order valence-corrected chi connectivity index (χ3v) is 5.96. The Balaban J connectivity index is 1.75. The van der Waals surface area contributed by atoms with Gasteiger partial charge in [-0.25, -0.2) is 4.98 Å². The number of thiazole rings is 1. The zero-order valence-electron chi connectivity index (χ0n) is 15.3. The zero-order valence-corrected chi connectivity index (χ0v) is 18.5. The molecule has 0 aliphatic rings. The molecule has 0 unspecified atom stereocenters. The summed E-state index contributed by atoms with van der Waals surface area (Å²) in [5.74, 6) is -0.272. The van der Waals surface area contributed by atoms with Crippen LogP contribution < -0.4 is 5.01 Å². The van der Waals surface area contributed by atoms with Gasteiger partial charge in [-0.1, -0.05) is 57.1 Å². The molecule has 0 atom stereocenters. The van der Waals surface area contributed by atoms with Crippen molar-refractivity contribution in [2.24, 2.45) is 5.10 Å². The Bertz CT molecular complexity index is 1200. The molecule has 1 amide bonds. The lowest BCUT2D eigenvalue weighted by Gasteiger charge is -2.14. The molecule has 4 rings (SSSR count). The van der Waals surface area contributed by atoms with Gasteiger partial charge in [-0.15, -0.1) is 0 Å². The van der Waals surface area contributed by atoms with E-state index in [1.54, 1.807) is 30.5 Å². The number of anilines is 1. The van der Waals surface area contributed by atoms with Crippen LogP contribution in [0.3, 0.4) is 0 Å². The van der Waals surface area contributed by atoms with Gasteiger partial charge in [0.2, 0.25) is 5.13 Å². The first-order valence-electron chi connectivity index (χ1n) is 8.76. The average Bonchev–Trinajstić information content (AvgIpc) is 3.12. The van der Waals surface area contributed by atoms with Crippen molar-refractivity contribution in [3.63, 3.8) is 0 Å². The van der Waals surface area contributed by atoms with Gasteiger partial charge in [-0.3, -0.25) is 4.79 Å². The number of carbonyl (C=O) groups excluding carboxylic acids is 1. The molecule has 0 saturated carbocycles. The van der Waals surface area contributed by atoms with Gasteiger partial charge >= 0.3 is 0 Å². The Hall–Kier alpha value is -2.54. The summed E-state index contributed by atoms with van der Waals surface area (Å²) in [6.07, 6.45) is 1.65. The van der Waals surface area contributed by atoms with E-state index in [0.29, 0.717) is 15.7 Å². The van der Waals surface area contributed by atoms with Gasteiger partial charge in [0, 0.05) is 15.1 Å². The quantitative estimate of drug-likeness (QED) is 0.239. The van der Waals surface area contributed by atoms with Crippen LogP contribution in [0.5, 0.6) is 0 Å². The number of fused-ring (bicyclic) bond motifs is 1. The molecule has 7 heteroatoms. The Labute approximate surface area is 185 Å². The summed E-state index contributed by atoms with van der Waals surface area (Å²) in [6.45, 7) is 2.03. The number of carbonyl (C=O) groups is 1. The first-order chi connectivity index (χ1) is 14.0. The van der Waals surface area contributed by atoms with Crippen LogP contribution in [0.2, 0.25) is 5.02 Å². The number of aryl methyl sites for hydroxylation is 1. The van der Waals surface area contributed by atoms with Gasteiger partial charge in [0.1, 0.15) is 0 Å². The topological polar surface area (TPSA) is 45.6 Å². The molecule has 1 aromatic heterocycles. The third-order valence-electron chi connectivity index (χ3n) is 4.19. The number of hydrogen-bond donors (Lipinski definition) is 0. The van der Waals surface area contributed by atoms with Crippen LogP contribution in [0, 0.1) is 6.92 Å². The Morgan fingerprint density at radius 1 is 1.10 bits per heavy atom. The molecule has 0 spiro atoms. The van der Waals surface area contributed by atoms with Gasteiger partial charge in [0.25, 0.3) is 5.91 Å². The number of aromatic nitrogens is 1. The number of amides is 1. The fraction of sp³-hybridized carbons (Fsp3) is 0.0455. The molecular weight excluding hydrogens is 470 g/mol. The lowest BCUT2D eigenvalue weighted by molar-refractivity contribution is 0.0988. The predicted octanol–water partition coefficient (Wildman–Crippen LogP) is 6.70. The number of benzene rings is 3. The van der Waals surface area contributed by atoms with E-state index in [2.05, 4.69) is 32.1 Å². The van der Waals surface area contributed by atoms with Gasteiger partial charge < -0.3 is 0 Å². The van der Waals surface area contributed by atoms with E-state index in [1.165, 1.54) is 16.3 Å². The summed E-state index contributed by atoms with van der Waals surface area (Å²) in [7, 11) is 0. The lowest BCUT2D eigenvalue weighted by atomic mass is 10.2. The molecule has 4 aromatic rings. The standard InChI is InChI=1S/C22H15BrClN3OS/c1-14-2-11-19-20(12-14)29-22(26-19)27(21(28)16-5-9-18(24)10-6-16)25-13-15-3-7-17(23)8-4-15/h2-13H,1H3/b25-13+. The first-order valence-corrected chi connectivity index (χ1v) is 10.7. The lowest BCUT2D eigenvalue weighted by Crippen LogP contribution is -2.25. The van der Waals surface area contributed by atoms with E-state index in [-0.39, 0.29) is 5.91 Å². The summed E-state index contributed by atoms with van der Waals surface area (Å²) in [5.41, 5.74) is 3.34. The van der Waals surface area contributed by atoms with Crippen LogP contribution in [-0.2, 0) is 0 Å². The van der Waals surface area contributed by atoms with Crippen molar-refractivity contribution in [1.82, 2.24) is 4.98 Å². The largest absolute Gasteiger partial charge is 0.280 e. The highest BCUT2D eigenvalue weighted by atomic mass is 79.9. The zero-order chi connectivity index (χ0) is 20.4. The van der Waals surface area contributed by atoms with Crippen LogP contribution >= 0.6 is 38.9 Å². The maximum Gasteiger partial charge on any atom is 0.280 e. The van der Waals surface area contributed by atoms with Crippen molar-refractivity contribution in [2.45, 2.75) is 6.92 Å². The molecule has 0 aliphatic heterocycles. The Morgan fingerprint density at radius 2 is 1.83 bits per heavy atom. The van der Waals surface area contributed by atoms with Crippen LogP contribution in [0.15, 0.2) is 76.3 Å². The van der Waals surface area contributed by atoms with E-state index >= 15 is 0 Å². The molecular formula is C22H15BrClN3OS. The fourth-order valence-electron chi connectivity index (χ4n) is 2.69. The predicted molar refractivity (Wildman–Crippen MR) is 124 cm³/mol. The highest BCUT2D eigenvalue weighted by molar-refractivity contribution is 9.10. The summed E-state index contributed by atoms with van der Waals surface area (Å²) >= 11 is 10.8. The van der Waals surface area contributed by atoms with Gasteiger partial charge in [0.15, 0.2) is 0 Å². The van der Waals surface area contributed by atoms with Crippen LogP contribution in [0.1, 0.15) is 21.5 Å². The van der Waals surface area contributed by atoms with Crippen molar-refractivity contribution in [3.05, 3.63) is 92.9 Å². The molecule has 0 bridgehead atoms. The van der Waals surface area contributed by atoms with Crippen molar-refractivity contribution >= 4 is 66.3 Å². The number of rotatable bonds is 4. The molecule has 1 heterocycles. The second kappa shape index (κ2) is 8.45. The van der Waals surface area contributed by atoms with Crippen molar-refractivity contribution < 1.29 is 4.79 Å². The maximum atomic E-state index is 13.2. The smallest absolute Gasteiger partial charge is 0.267 e. The monoisotopic (exact) mass is 483 g/mol. The summed E-state index contributed by atoms with van der Waals surface area (Å²) in [5, 5.41) is 6.89. The van der Waals surface area contributed by atoms with Crippen molar-refractivity contribution in [1.29, 1.82) is 0 Å². The fourth-order valence-corrected chi connectivity index (χ4v) is 4.10. The van der Waals surface area contributed by atoms with Crippen LogP contribution in [0.4, 0.5) is 5.13 Å². The normalized spacial score (nSPS) is 11.3. The molecule has 3 aromatic carbocycles. The molecule has 0 N–H and O–H groups in total. The number of nitrogens with zero attached hydrogens (tertiary/aromatic N) is 3. The molecule has 29 heavy (non-hydrogen) atoms. The average molecular weight is 485 g/mol. The third kappa shape index (κ3) is 4.56. The Morgan fingerprint density at radius 3 is 2.55 bits per heavy atom. The number of halogens is 2. The second-order valence-corrected chi connectivity index (χ2v) is 8.75. The summed E-state index contributed by atoms with van der Waals surface area (Å²) in [6, 6.07) is 20.4. The SMILES string of the molecule is Cc1ccc2nc(N(/N=C/c3ccc(Br)cc3)C(=O)c3ccc(Cl)cc3)sc2c1. The highest BCUT2D eigenvalue weighted by Gasteiger charge is 2.21. The van der Waals surface area contributed by atoms with E-state index in [4.69, 9.17) is 11.6 Å². The Kier molecular flexibility index (Phi) is 5.76. The summed E-state index contributed by atoms with van der Waals surface area (Å²) < 4.78 is 1.98. The van der Waals surface area contributed by atoms with E-state index < -0.39 is 0 Å². The highest BCUT2D eigenvalue weighted by Crippen LogP contribution is 2.31. The van der Waals surface area contributed by atoms with Gasteiger partial charge in [-0.05, 0) is 66.6 Å². The van der Waals surface area contributed by atoms with E-state index in [0.717, 1.165) is 25.8 Å². The van der Waals surface area contributed by atoms with Gasteiger partial charge in [0.05, 0.1) is 16.4 Å². The molecule has 4 nitrogen and oxygen atoms in total. The van der Waals surface area contributed by atoms with E-state index in [1.807, 2.05) is 43.3 Å². The molecule has 0 radical (unpaired) electrons. The van der Waals surface area contributed by atoms with Crippen LogP contribution in [-0.4, -0.2) is 17.1 Å². The second-order valence-electron chi connectivity index (χ2n) is 6.39. The van der Waals surface area contributed by atoms with Crippen LogP contribution in [0.25, 0.3) is 10.2 Å². The minimum absolute atomic E-state index is 0.272. The minimum atomic E-state index is -0.272. The van der Waals surface area contributed by atoms with Gasteiger partial charge in [-0.2, -0.15) is 10.1 Å². The van der Waals surface area contributed by atoms with Crippen molar-refractivity contribution in [2.75, 3.05) is 5.01 Å². The number of hydrogen-bond acceptors (Lipinski definition) is 4. The molecule has 0 aliphatic carbocycles. The van der Waals surface area contributed by atoms with E-state index in [9.17, 15) is 4.79 Å². The summed E-state index contributed by atoms with van der Waals surface area (Å²) in [4.78, 5) is 17.8. The number of hydrazone groups is 1. The molecule has 144 valence electrons.